The minimum absolute atomic E-state index is 0.601. The second kappa shape index (κ2) is 7.80. The molecule has 0 aromatic rings. The fourth-order valence-electron chi connectivity index (χ4n) is 1.06. The Labute approximate surface area is 70.9 Å². The highest BCUT2D eigenvalue weighted by Crippen LogP contribution is 1.94. The van der Waals surface area contributed by atoms with Gasteiger partial charge in [0, 0.05) is 6.04 Å². The molecule has 0 fully saturated rings. The van der Waals surface area contributed by atoms with Crippen LogP contribution in [0.3, 0.4) is 0 Å². The molecule has 0 aliphatic rings. The molecule has 0 aliphatic heterocycles. The van der Waals surface area contributed by atoms with Gasteiger partial charge in [-0.15, -0.1) is 6.58 Å². The average molecular weight is 155 g/mol. The average Bonchev–Trinajstić information content (AvgIpc) is 1.99. The van der Waals surface area contributed by atoms with Gasteiger partial charge in [-0.1, -0.05) is 25.8 Å². The maximum atomic E-state index is 3.71. The van der Waals surface area contributed by atoms with Crippen molar-refractivity contribution in [2.45, 2.75) is 45.6 Å². The monoisotopic (exact) mass is 155 g/mol. The van der Waals surface area contributed by atoms with Crippen LogP contribution in [-0.2, 0) is 0 Å². The Morgan fingerprint density at radius 1 is 1.45 bits per heavy atom. The van der Waals surface area contributed by atoms with Crippen LogP contribution in [-0.4, -0.2) is 12.6 Å². The van der Waals surface area contributed by atoms with Gasteiger partial charge in [0.2, 0.25) is 0 Å². The molecule has 0 aromatic heterocycles. The summed E-state index contributed by atoms with van der Waals surface area (Å²) in [7, 11) is 0. The molecule has 0 aromatic carbocycles. The van der Waals surface area contributed by atoms with Gasteiger partial charge in [-0.2, -0.15) is 0 Å². The van der Waals surface area contributed by atoms with Gasteiger partial charge < -0.3 is 5.32 Å². The topological polar surface area (TPSA) is 12.0 Å². The Kier molecular flexibility index (Phi) is 7.59. The molecule has 0 bridgehead atoms. The van der Waals surface area contributed by atoms with Crippen molar-refractivity contribution in [3.05, 3.63) is 12.7 Å². The summed E-state index contributed by atoms with van der Waals surface area (Å²) in [4.78, 5) is 0. The second-order valence-electron chi connectivity index (χ2n) is 3.09. The fraction of sp³-hybridized carbons (Fsp3) is 0.800. The molecule has 0 saturated carbocycles. The van der Waals surface area contributed by atoms with Crippen molar-refractivity contribution in [2.24, 2.45) is 0 Å². The Morgan fingerprint density at radius 3 is 2.73 bits per heavy atom. The van der Waals surface area contributed by atoms with E-state index in [4.69, 9.17) is 0 Å². The van der Waals surface area contributed by atoms with Crippen LogP contribution < -0.4 is 5.32 Å². The highest BCUT2D eigenvalue weighted by molar-refractivity contribution is 4.74. The molecule has 0 saturated heterocycles. The maximum absolute atomic E-state index is 3.71. The van der Waals surface area contributed by atoms with Crippen LogP contribution in [0.15, 0.2) is 12.7 Å². The summed E-state index contributed by atoms with van der Waals surface area (Å²) < 4.78 is 0. The lowest BCUT2D eigenvalue weighted by atomic mass is 10.2. The molecule has 11 heavy (non-hydrogen) atoms. The molecule has 0 radical (unpaired) electrons. The quantitative estimate of drug-likeness (QED) is 0.440. The van der Waals surface area contributed by atoms with Crippen LogP contribution in [0, 0.1) is 0 Å². The molecular formula is C10H21N. The van der Waals surface area contributed by atoms with E-state index in [1.807, 2.05) is 6.08 Å². The van der Waals surface area contributed by atoms with Crippen molar-refractivity contribution in [1.29, 1.82) is 0 Å². The Hall–Kier alpha value is -0.300. The number of nitrogens with one attached hydrogen (secondary N) is 1. The standard InChI is InChI=1S/C10H21N/c1-4-6-7-9-11-10(3)8-5-2/h5,10-11H,2,4,6-9H2,1,3H3. The minimum atomic E-state index is 0.601. The van der Waals surface area contributed by atoms with Crippen molar-refractivity contribution in [3.63, 3.8) is 0 Å². The number of hydrogen-bond donors (Lipinski definition) is 1. The highest BCUT2D eigenvalue weighted by atomic mass is 14.9. The van der Waals surface area contributed by atoms with E-state index < -0.39 is 0 Å². The second-order valence-corrected chi connectivity index (χ2v) is 3.09. The summed E-state index contributed by atoms with van der Waals surface area (Å²) in [6, 6.07) is 0.601. The lowest BCUT2D eigenvalue weighted by Crippen LogP contribution is -2.26. The molecule has 1 nitrogen and oxygen atoms in total. The molecule has 1 N–H and O–H groups in total. The third kappa shape index (κ3) is 7.60. The van der Waals surface area contributed by atoms with Gasteiger partial charge >= 0.3 is 0 Å². The van der Waals surface area contributed by atoms with Crippen molar-refractivity contribution < 1.29 is 0 Å². The summed E-state index contributed by atoms with van der Waals surface area (Å²) in [5.41, 5.74) is 0. The predicted octanol–water partition coefficient (Wildman–Crippen LogP) is 2.73. The van der Waals surface area contributed by atoms with E-state index in [1.54, 1.807) is 0 Å². The number of hydrogen-bond acceptors (Lipinski definition) is 1. The first-order chi connectivity index (χ1) is 5.31. The van der Waals surface area contributed by atoms with Crippen LogP contribution in [0.5, 0.6) is 0 Å². The number of unbranched alkanes of at least 4 members (excludes halogenated alkanes) is 2. The van der Waals surface area contributed by atoms with E-state index in [0.29, 0.717) is 6.04 Å². The molecule has 0 spiro atoms. The van der Waals surface area contributed by atoms with E-state index in [1.165, 1.54) is 19.3 Å². The van der Waals surface area contributed by atoms with E-state index in [0.717, 1.165) is 13.0 Å². The third-order valence-corrected chi connectivity index (χ3v) is 1.79. The molecular weight excluding hydrogens is 134 g/mol. The van der Waals surface area contributed by atoms with Crippen LogP contribution in [0.25, 0.3) is 0 Å². The van der Waals surface area contributed by atoms with Crippen molar-refractivity contribution in [1.82, 2.24) is 5.32 Å². The Bertz CT molecular complexity index is 88.9. The SMILES string of the molecule is C=CCC(C)NCCCCC. The van der Waals surface area contributed by atoms with Gasteiger partial charge in [0.05, 0.1) is 0 Å². The first-order valence-electron chi connectivity index (χ1n) is 4.65. The van der Waals surface area contributed by atoms with Crippen molar-refractivity contribution >= 4 is 0 Å². The van der Waals surface area contributed by atoms with E-state index in [9.17, 15) is 0 Å². The molecule has 1 heteroatoms. The summed E-state index contributed by atoms with van der Waals surface area (Å²) >= 11 is 0. The first kappa shape index (κ1) is 10.7. The summed E-state index contributed by atoms with van der Waals surface area (Å²) in [6.07, 6.45) is 6.99. The van der Waals surface area contributed by atoms with Gasteiger partial charge in [-0.25, -0.2) is 0 Å². The van der Waals surface area contributed by atoms with Crippen molar-refractivity contribution in [2.75, 3.05) is 6.54 Å². The summed E-state index contributed by atoms with van der Waals surface area (Å²) in [5, 5.41) is 3.45. The van der Waals surface area contributed by atoms with Gasteiger partial charge in [0.15, 0.2) is 0 Å². The lowest BCUT2D eigenvalue weighted by Gasteiger charge is -2.10. The van der Waals surface area contributed by atoms with Crippen LogP contribution in [0.1, 0.15) is 39.5 Å². The minimum Gasteiger partial charge on any atom is -0.314 e. The lowest BCUT2D eigenvalue weighted by molar-refractivity contribution is 0.529. The first-order valence-corrected chi connectivity index (χ1v) is 4.65. The highest BCUT2D eigenvalue weighted by Gasteiger charge is 1.95. The predicted molar refractivity (Wildman–Crippen MR) is 51.8 cm³/mol. The van der Waals surface area contributed by atoms with Crippen molar-refractivity contribution in [3.8, 4) is 0 Å². The van der Waals surface area contributed by atoms with Gasteiger partial charge in [-0.05, 0) is 26.3 Å². The van der Waals surface area contributed by atoms with Gasteiger partial charge in [0.1, 0.15) is 0 Å². The summed E-state index contributed by atoms with van der Waals surface area (Å²) in [5.74, 6) is 0. The summed E-state index contributed by atoms with van der Waals surface area (Å²) in [6.45, 7) is 9.29. The molecule has 0 aliphatic carbocycles. The molecule has 66 valence electrons. The number of rotatable bonds is 7. The largest absolute Gasteiger partial charge is 0.314 e. The van der Waals surface area contributed by atoms with E-state index >= 15 is 0 Å². The van der Waals surface area contributed by atoms with Gasteiger partial charge in [-0.3, -0.25) is 0 Å². The Morgan fingerprint density at radius 2 is 2.18 bits per heavy atom. The molecule has 0 heterocycles. The Balaban J connectivity index is 3.03. The zero-order valence-electron chi connectivity index (χ0n) is 7.90. The van der Waals surface area contributed by atoms with E-state index in [-0.39, 0.29) is 0 Å². The van der Waals surface area contributed by atoms with Gasteiger partial charge in [0.25, 0.3) is 0 Å². The molecule has 1 atom stereocenters. The third-order valence-electron chi connectivity index (χ3n) is 1.79. The smallest absolute Gasteiger partial charge is 0.00731 e. The zero-order chi connectivity index (χ0) is 8.53. The van der Waals surface area contributed by atoms with Crippen LogP contribution in [0.4, 0.5) is 0 Å². The van der Waals surface area contributed by atoms with E-state index in [2.05, 4.69) is 25.7 Å². The normalized spacial score (nSPS) is 12.9. The van der Waals surface area contributed by atoms with Crippen LogP contribution in [0.2, 0.25) is 0 Å². The zero-order valence-corrected chi connectivity index (χ0v) is 7.90. The maximum Gasteiger partial charge on any atom is 0.00731 e. The molecule has 0 amide bonds. The van der Waals surface area contributed by atoms with Crippen LogP contribution >= 0.6 is 0 Å². The molecule has 0 rings (SSSR count). The fourth-order valence-corrected chi connectivity index (χ4v) is 1.06. The molecule has 1 unspecified atom stereocenters.